The second-order valence-electron chi connectivity index (χ2n) is 5.55. The van der Waals surface area contributed by atoms with Crippen molar-refractivity contribution in [1.82, 2.24) is 9.97 Å². The van der Waals surface area contributed by atoms with Gasteiger partial charge in [-0.05, 0) is 47.9 Å². The molecule has 4 nitrogen and oxygen atoms in total. The van der Waals surface area contributed by atoms with E-state index in [0.29, 0.717) is 12.5 Å². The van der Waals surface area contributed by atoms with Crippen molar-refractivity contribution in [2.75, 3.05) is 17.2 Å². The predicted molar refractivity (Wildman–Crippen MR) is 104 cm³/mol. The van der Waals surface area contributed by atoms with Gasteiger partial charge in [0.05, 0.1) is 0 Å². The molecule has 0 amide bonds. The lowest BCUT2D eigenvalue weighted by Crippen LogP contribution is -2.09. The highest BCUT2D eigenvalue weighted by atomic mass is 35.5. The summed E-state index contributed by atoms with van der Waals surface area (Å²) < 4.78 is 0. The van der Waals surface area contributed by atoms with Gasteiger partial charge in [-0.15, -0.1) is 0 Å². The summed E-state index contributed by atoms with van der Waals surface area (Å²) in [5.74, 6) is 1.37. The lowest BCUT2D eigenvalue weighted by Gasteiger charge is -2.09. The van der Waals surface area contributed by atoms with E-state index in [1.165, 1.54) is 5.56 Å². The summed E-state index contributed by atoms with van der Waals surface area (Å²) in [5.41, 5.74) is 2.32. The number of nitrogens with zero attached hydrogens (tertiary/aromatic N) is 2. The Kier molecular flexibility index (Phi) is 6.09. The van der Waals surface area contributed by atoms with Crippen LogP contribution < -0.4 is 10.6 Å². The number of hydrogen-bond acceptors (Lipinski definition) is 4. The van der Waals surface area contributed by atoms with Gasteiger partial charge in [-0.2, -0.15) is 4.98 Å². The standard InChI is InChI=1S/C19H18Cl2N4/c20-16-6-4-15(5-7-16)13-24-18-9-11-23-19(25-18)22-10-8-14-2-1-3-17(21)12-14/h1-7,9,11-12H,8,10,13H2,(H2,22,23,24,25). The van der Waals surface area contributed by atoms with Gasteiger partial charge in [0, 0.05) is 29.3 Å². The zero-order valence-electron chi connectivity index (χ0n) is 13.5. The van der Waals surface area contributed by atoms with E-state index in [-0.39, 0.29) is 0 Å². The highest BCUT2D eigenvalue weighted by Gasteiger charge is 2.00. The number of anilines is 2. The first-order valence-corrected chi connectivity index (χ1v) is 8.74. The number of benzene rings is 2. The van der Waals surface area contributed by atoms with Gasteiger partial charge in [-0.1, -0.05) is 47.5 Å². The van der Waals surface area contributed by atoms with E-state index in [1.54, 1.807) is 6.20 Å². The van der Waals surface area contributed by atoms with Crippen LogP contribution in [-0.2, 0) is 13.0 Å². The SMILES string of the molecule is Clc1ccc(CNc2ccnc(NCCc3cccc(Cl)c3)n2)cc1. The normalized spacial score (nSPS) is 10.5. The van der Waals surface area contributed by atoms with E-state index < -0.39 is 0 Å². The Morgan fingerprint density at radius 3 is 2.48 bits per heavy atom. The van der Waals surface area contributed by atoms with Gasteiger partial charge in [-0.3, -0.25) is 0 Å². The molecule has 0 bridgehead atoms. The lowest BCUT2D eigenvalue weighted by atomic mass is 10.1. The maximum Gasteiger partial charge on any atom is 0.224 e. The average molecular weight is 373 g/mol. The van der Waals surface area contributed by atoms with Crippen molar-refractivity contribution in [2.24, 2.45) is 0 Å². The van der Waals surface area contributed by atoms with Crippen LogP contribution in [0.5, 0.6) is 0 Å². The molecule has 0 aliphatic rings. The van der Waals surface area contributed by atoms with Crippen molar-refractivity contribution in [3.63, 3.8) is 0 Å². The van der Waals surface area contributed by atoms with Gasteiger partial charge in [-0.25, -0.2) is 4.98 Å². The van der Waals surface area contributed by atoms with Crippen molar-refractivity contribution in [3.8, 4) is 0 Å². The molecule has 2 N–H and O–H groups in total. The number of nitrogens with one attached hydrogen (secondary N) is 2. The zero-order chi connectivity index (χ0) is 17.5. The van der Waals surface area contributed by atoms with Crippen LogP contribution in [0.25, 0.3) is 0 Å². The maximum absolute atomic E-state index is 5.99. The Bertz CT molecular complexity index is 822. The quantitative estimate of drug-likeness (QED) is 0.609. The Hall–Kier alpha value is -2.30. The molecule has 6 heteroatoms. The summed E-state index contributed by atoms with van der Waals surface area (Å²) in [6.07, 6.45) is 2.59. The molecule has 3 aromatic rings. The first-order valence-electron chi connectivity index (χ1n) is 7.99. The summed E-state index contributed by atoms with van der Waals surface area (Å²) in [7, 11) is 0. The van der Waals surface area contributed by atoms with Crippen LogP contribution in [-0.4, -0.2) is 16.5 Å². The molecular formula is C19H18Cl2N4. The maximum atomic E-state index is 5.99. The van der Waals surface area contributed by atoms with Crippen LogP contribution in [0.4, 0.5) is 11.8 Å². The van der Waals surface area contributed by atoms with Crippen molar-refractivity contribution in [3.05, 3.63) is 82.0 Å². The molecule has 0 unspecified atom stereocenters. The zero-order valence-corrected chi connectivity index (χ0v) is 15.1. The van der Waals surface area contributed by atoms with Crippen LogP contribution in [0.3, 0.4) is 0 Å². The minimum atomic E-state index is 0.600. The molecule has 128 valence electrons. The molecule has 0 aliphatic carbocycles. The van der Waals surface area contributed by atoms with Crippen molar-refractivity contribution in [2.45, 2.75) is 13.0 Å². The van der Waals surface area contributed by atoms with Crippen LogP contribution in [0.15, 0.2) is 60.8 Å². The van der Waals surface area contributed by atoms with Crippen molar-refractivity contribution < 1.29 is 0 Å². The Morgan fingerprint density at radius 2 is 1.68 bits per heavy atom. The molecule has 1 heterocycles. The molecular weight excluding hydrogens is 355 g/mol. The van der Waals surface area contributed by atoms with Crippen molar-refractivity contribution >= 4 is 35.0 Å². The summed E-state index contributed by atoms with van der Waals surface area (Å²) in [6.45, 7) is 1.41. The van der Waals surface area contributed by atoms with E-state index in [9.17, 15) is 0 Å². The predicted octanol–water partition coefficient (Wildman–Crippen LogP) is 5.05. The fourth-order valence-corrected chi connectivity index (χ4v) is 2.69. The van der Waals surface area contributed by atoms with Gasteiger partial charge < -0.3 is 10.6 Å². The third-order valence-corrected chi connectivity index (χ3v) is 4.12. The number of halogens is 2. The molecule has 0 radical (unpaired) electrons. The lowest BCUT2D eigenvalue weighted by molar-refractivity contribution is 0.980. The minimum absolute atomic E-state index is 0.600. The summed E-state index contributed by atoms with van der Waals surface area (Å²) in [4.78, 5) is 8.72. The third-order valence-electron chi connectivity index (χ3n) is 3.63. The van der Waals surface area contributed by atoms with Gasteiger partial charge in [0.25, 0.3) is 0 Å². The first-order chi connectivity index (χ1) is 12.2. The van der Waals surface area contributed by atoms with Gasteiger partial charge in [0.2, 0.25) is 5.95 Å². The monoisotopic (exact) mass is 372 g/mol. The van der Waals surface area contributed by atoms with E-state index >= 15 is 0 Å². The molecule has 0 saturated heterocycles. The number of rotatable bonds is 7. The Balaban J connectivity index is 1.51. The number of aromatic nitrogens is 2. The van der Waals surface area contributed by atoms with E-state index in [2.05, 4.69) is 26.7 Å². The fourth-order valence-electron chi connectivity index (χ4n) is 2.35. The minimum Gasteiger partial charge on any atom is -0.366 e. The van der Waals surface area contributed by atoms with Crippen molar-refractivity contribution in [1.29, 1.82) is 0 Å². The molecule has 0 aliphatic heterocycles. The second-order valence-corrected chi connectivity index (χ2v) is 6.43. The van der Waals surface area contributed by atoms with E-state index in [0.717, 1.165) is 34.4 Å². The molecule has 0 saturated carbocycles. The highest BCUT2D eigenvalue weighted by Crippen LogP contribution is 2.13. The van der Waals surface area contributed by atoms with E-state index in [1.807, 2.05) is 48.5 Å². The third kappa shape index (κ3) is 5.62. The highest BCUT2D eigenvalue weighted by molar-refractivity contribution is 6.30. The largest absolute Gasteiger partial charge is 0.366 e. The Morgan fingerprint density at radius 1 is 0.840 bits per heavy atom. The summed E-state index contributed by atoms with van der Waals surface area (Å²) >= 11 is 11.9. The summed E-state index contributed by atoms with van der Waals surface area (Å²) in [5, 5.41) is 8.01. The van der Waals surface area contributed by atoms with Crippen LogP contribution in [0.1, 0.15) is 11.1 Å². The molecule has 3 rings (SSSR count). The van der Waals surface area contributed by atoms with Crippen LogP contribution in [0, 0.1) is 0 Å². The number of hydrogen-bond donors (Lipinski definition) is 2. The van der Waals surface area contributed by atoms with Gasteiger partial charge in [0.15, 0.2) is 0 Å². The van der Waals surface area contributed by atoms with Gasteiger partial charge in [0.1, 0.15) is 5.82 Å². The molecule has 1 aromatic heterocycles. The smallest absolute Gasteiger partial charge is 0.224 e. The molecule has 0 atom stereocenters. The average Bonchev–Trinajstić information content (AvgIpc) is 2.62. The van der Waals surface area contributed by atoms with Gasteiger partial charge >= 0.3 is 0 Å². The van der Waals surface area contributed by atoms with Crippen LogP contribution in [0.2, 0.25) is 10.0 Å². The topological polar surface area (TPSA) is 49.8 Å². The summed E-state index contributed by atoms with van der Waals surface area (Å²) in [6, 6.07) is 17.4. The first kappa shape index (κ1) is 17.5. The fraction of sp³-hybridized carbons (Fsp3) is 0.158. The second kappa shape index (κ2) is 8.70. The molecule has 0 fully saturated rings. The Labute approximate surface area is 157 Å². The van der Waals surface area contributed by atoms with Crippen LogP contribution >= 0.6 is 23.2 Å². The molecule has 2 aromatic carbocycles. The molecule has 25 heavy (non-hydrogen) atoms. The molecule has 0 spiro atoms. The van der Waals surface area contributed by atoms with E-state index in [4.69, 9.17) is 23.2 Å².